The molecule has 31 heavy (non-hydrogen) atoms. The van der Waals surface area contributed by atoms with E-state index in [0.29, 0.717) is 24.5 Å². The molecule has 1 amide bonds. The number of amides is 1. The number of carbonyl (C=O) groups is 1. The molecular weight excluding hydrogens is 392 g/mol. The first-order valence-electron chi connectivity index (χ1n) is 10.4. The average molecular weight is 418 g/mol. The standard InChI is InChI=1S/C24H26N4O3/c1-31-22-11-5-10-20(13-22)26-24(30)19-9-6-12-27(17-19)21-14-23(29)28(25-15-21)16-18-7-3-2-4-8-18/h2-5,7-8,10-11,13-15,19H,6,9,12,16-17H2,1H3,(H,26,30)/t19-/m0/s1. The molecule has 160 valence electrons. The first-order chi connectivity index (χ1) is 15.1. The van der Waals surface area contributed by atoms with Gasteiger partial charge in [0.1, 0.15) is 5.75 Å². The molecule has 0 spiro atoms. The van der Waals surface area contributed by atoms with Crippen molar-refractivity contribution in [2.75, 3.05) is 30.4 Å². The summed E-state index contributed by atoms with van der Waals surface area (Å²) in [7, 11) is 1.60. The lowest BCUT2D eigenvalue weighted by atomic mass is 9.96. The van der Waals surface area contributed by atoms with E-state index < -0.39 is 0 Å². The maximum absolute atomic E-state index is 12.8. The molecule has 1 saturated heterocycles. The Kier molecular flexibility index (Phi) is 6.31. The van der Waals surface area contributed by atoms with Gasteiger partial charge in [-0.3, -0.25) is 9.59 Å². The van der Waals surface area contributed by atoms with Crippen LogP contribution in [0.25, 0.3) is 0 Å². The molecule has 1 aliphatic rings. The Morgan fingerprint density at radius 1 is 1.16 bits per heavy atom. The summed E-state index contributed by atoms with van der Waals surface area (Å²) in [5, 5.41) is 7.33. The van der Waals surface area contributed by atoms with Crippen molar-refractivity contribution in [2.24, 2.45) is 5.92 Å². The SMILES string of the molecule is COc1cccc(NC(=O)[C@H]2CCCN(c3cnn(Cc4ccccc4)c(=O)c3)C2)c1. The summed E-state index contributed by atoms with van der Waals surface area (Å²) in [6, 6.07) is 18.7. The van der Waals surface area contributed by atoms with E-state index in [1.807, 2.05) is 48.5 Å². The van der Waals surface area contributed by atoms with E-state index in [9.17, 15) is 9.59 Å². The second-order valence-corrected chi connectivity index (χ2v) is 7.70. The summed E-state index contributed by atoms with van der Waals surface area (Å²) in [5.74, 6) is 0.514. The minimum absolute atomic E-state index is 0.0247. The number of carbonyl (C=O) groups excluding carboxylic acids is 1. The maximum atomic E-state index is 12.8. The number of aromatic nitrogens is 2. The van der Waals surface area contributed by atoms with E-state index in [1.165, 1.54) is 4.68 Å². The largest absolute Gasteiger partial charge is 0.497 e. The fourth-order valence-electron chi connectivity index (χ4n) is 3.84. The van der Waals surface area contributed by atoms with Crippen molar-refractivity contribution in [2.45, 2.75) is 19.4 Å². The number of methoxy groups -OCH3 is 1. The fourth-order valence-corrected chi connectivity index (χ4v) is 3.84. The van der Waals surface area contributed by atoms with Gasteiger partial charge in [-0.05, 0) is 30.5 Å². The highest BCUT2D eigenvalue weighted by molar-refractivity contribution is 5.93. The molecule has 0 radical (unpaired) electrons. The Morgan fingerprint density at radius 2 is 2.00 bits per heavy atom. The molecule has 4 rings (SSSR count). The minimum Gasteiger partial charge on any atom is -0.497 e. The number of hydrogen-bond donors (Lipinski definition) is 1. The van der Waals surface area contributed by atoms with Gasteiger partial charge in [0.15, 0.2) is 0 Å². The molecule has 1 N–H and O–H groups in total. The molecule has 0 bridgehead atoms. The van der Waals surface area contributed by atoms with E-state index in [1.54, 1.807) is 25.4 Å². The maximum Gasteiger partial charge on any atom is 0.269 e. The third kappa shape index (κ3) is 5.12. The summed E-state index contributed by atoms with van der Waals surface area (Å²) in [5.41, 5.74) is 2.35. The Morgan fingerprint density at radius 3 is 2.77 bits per heavy atom. The van der Waals surface area contributed by atoms with Gasteiger partial charge in [-0.2, -0.15) is 5.10 Å². The van der Waals surface area contributed by atoms with Gasteiger partial charge in [0, 0.05) is 30.9 Å². The zero-order valence-electron chi connectivity index (χ0n) is 17.5. The predicted octanol–water partition coefficient (Wildman–Crippen LogP) is 3.16. The third-order valence-corrected chi connectivity index (χ3v) is 5.52. The summed E-state index contributed by atoms with van der Waals surface area (Å²) < 4.78 is 6.67. The second kappa shape index (κ2) is 9.47. The normalized spacial score (nSPS) is 16.0. The summed E-state index contributed by atoms with van der Waals surface area (Å²) in [6.45, 7) is 1.79. The predicted molar refractivity (Wildman–Crippen MR) is 121 cm³/mol. The molecule has 2 heterocycles. The highest BCUT2D eigenvalue weighted by Crippen LogP contribution is 2.24. The molecule has 0 aliphatic carbocycles. The average Bonchev–Trinajstić information content (AvgIpc) is 2.81. The van der Waals surface area contributed by atoms with Crippen LogP contribution in [0.5, 0.6) is 5.75 Å². The lowest BCUT2D eigenvalue weighted by Gasteiger charge is -2.33. The number of rotatable bonds is 6. The molecular formula is C24H26N4O3. The highest BCUT2D eigenvalue weighted by atomic mass is 16.5. The van der Waals surface area contributed by atoms with Gasteiger partial charge < -0.3 is 15.0 Å². The van der Waals surface area contributed by atoms with Gasteiger partial charge in [-0.25, -0.2) is 4.68 Å². The van der Waals surface area contributed by atoms with Crippen LogP contribution in [0.15, 0.2) is 71.7 Å². The van der Waals surface area contributed by atoms with Crippen LogP contribution in [0.4, 0.5) is 11.4 Å². The highest BCUT2D eigenvalue weighted by Gasteiger charge is 2.26. The number of ether oxygens (including phenoxy) is 1. The van der Waals surface area contributed by atoms with Gasteiger partial charge in [0.05, 0.1) is 31.5 Å². The van der Waals surface area contributed by atoms with Crippen LogP contribution in [0.3, 0.4) is 0 Å². The molecule has 3 aromatic rings. The Bertz CT molecular complexity index is 1100. The van der Waals surface area contributed by atoms with Crippen LogP contribution in [0.2, 0.25) is 0 Å². The van der Waals surface area contributed by atoms with Crippen molar-refractivity contribution >= 4 is 17.3 Å². The van der Waals surface area contributed by atoms with Crippen molar-refractivity contribution < 1.29 is 9.53 Å². The van der Waals surface area contributed by atoms with Crippen molar-refractivity contribution in [3.8, 4) is 5.75 Å². The van der Waals surface area contributed by atoms with Crippen molar-refractivity contribution in [3.05, 3.63) is 82.8 Å². The van der Waals surface area contributed by atoms with E-state index in [4.69, 9.17) is 4.74 Å². The van der Waals surface area contributed by atoms with Gasteiger partial charge >= 0.3 is 0 Å². The van der Waals surface area contributed by atoms with E-state index in [0.717, 1.165) is 30.6 Å². The van der Waals surface area contributed by atoms with Crippen LogP contribution in [0, 0.1) is 5.92 Å². The zero-order chi connectivity index (χ0) is 21.6. The van der Waals surface area contributed by atoms with E-state index in [2.05, 4.69) is 15.3 Å². The summed E-state index contributed by atoms with van der Waals surface area (Å²) in [6.07, 6.45) is 3.40. The number of nitrogens with zero attached hydrogens (tertiary/aromatic N) is 3. The monoisotopic (exact) mass is 418 g/mol. The van der Waals surface area contributed by atoms with Crippen molar-refractivity contribution in [1.29, 1.82) is 0 Å². The number of benzene rings is 2. The Balaban J connectivity index is 1.42. The van der Waals surface area contributed by atoms with Gasteiger partial charge in [-0.15, -0.1) is 0 Å². The number of nitrogens with one attached hydrogen (secondary N) is 1. The minimum atomic E-state index is -0.160. The molecule has 0 unspecified atom stereocenters. The molecule has 1 aliphatic heterocycles. The molecule has 7 nitrogen and oxygen atoms in total. The van der Waals surface area contributed by atoms with E-state index in [-0.39, 0.29) is 17.4 Å². The van der Waals surface area contributed by atoms with Gasteiger partial charge in [0.25, 0.3) is 5.56 Å². The molecule has 0 saturated carbocycles. The first-order valence-corrected chi connectivity index (χ1v) is 10.4. The van der Waals surface area contributed by atoms with Crippen LogP contribution >= 0.6 is 0 Å². The Labute approximate surface area is 181 Å². The summed E-state index contributed by atoms with van der Waals surface area (Å²) >= 11 is 0. The second-order valence-electron chi connectivity index (χ2n) is 7.70. The number of anilines is 2. The topological polar surface area (TPSA) is 76.5 Å². The van der Waals surface area contributed by atoms with Crippen LogP contribution in [-0.2, 0) is 11.3 Å². The van der Waals surface area contributed by atoms with Crippen molar-refractivity contribution in [1.82, 2.24) is 9.78 Å². The first kappa shape index (κ1) is 20.7. The number of hydrogen-bond acceptors (Lipinski definition) is 5. The third-order valence-electron chi connectivity index (χ3n) is 5.52. The summed E-state index contributed by atoms with van der Waals surface area (Å²) in [4.78, 5) is 27.5. The molecule has 1 aromatic heterocycles. The van der Waals surface area contributed by atoms with Crippen molar-refractivity contribution in [3.63, 3.8) is 0 Å². The van der Waals surface area contributed by atoms with Gasteiger partial charge in [-0.1, -0.05) is 36.4 Å². The number of piperidine rings is 1. The van der Waals surface area contributed by atoms with Crippen LogP contribution in [0.1, 0.15) is 18.4 Å². The van der Waals surface area contributed by atoms with Crippen LogP contribution < -0.4 is 20.5 Å². The lowest BCUT2D eigenvalue weighted by Crippen LogP contribution is -2.41. The molecule has 2 aromatic carbocycles. The van der Waals surface area contributed by atoms with Gasteiger partial charge in [0.2, 0.25) is 5.91 Å². The van der Waals surface area contributed by atoms with Crippen LogP contribution in [-0.4, -0.2) is 35.9 Å². The molecule has 1 fully saturated rings. The zero-order valence-corrected chi connectivity index (χ0v) is 17.5. The smallest absolute Gasteiger partial charge is 0.269 e. The van der Waals surface area contributed by atoms with E-state index >= 15 is 0 Å². The fraction of sp³-hybridized carbons (Fsp3) is 0.292. The lowest BCUT2D eigenvalue weighted by molar-refractivity contribution is -0.120. The Hall–Kier alpha value is -3.61. The molecule has 1 atom stereocenters. The molecule has 7 heteroatoms. The quantitative estimate of drug-likeness (QED) is 0.666.